The smallest absolute Gasteiger partial charge is 0.399 e. The van der Waals surface area contributed by atoms with Crippen molar-refractivity contribution >= 4 is 24.2 Å². The van der Waals surface area contributed by atoms with Crippen molar-refractivity contribution in [1.82, 2.24) is 10.2 Å². The summed E-state index contributed by atoms with van der Waals surface area (Å²) >= 11 is 0. The predicted molar refractivity (Wildman–Crippen MR) is 146 cm³/mol. The van der Waals surface area contributed by atoms with Gasteiger partial charge in [0.2, 0.25) is 5.91 Å². The first kappa shape index (κ1) is 25.8. The molecule has 4 heterocycles. The predicted octanol–water partition coefficient (Wildman–Crippen LogP) is 2.58. The number of hydrogen-bond donors (Lipinski definition) is 2. The van der Waals surface area contributed by atoms with Gasteiger partial charge in [-0.1, -0.05) is 26.0 Å². The van der Waals surface area contributed by atoms with E-state index in [9.17, 15) is 9.90 Å². The first-order chi connectivity index (χ1) is 17.4. The van der Waals surface area contributed by atoms with E-state index in [1.165, 1.54) is 5.56 Å². The Hall–Kier alpha value is -1.45. The van der Waals surface area contributed by atoms with E-state index in [1.54, 1.807) is 0 Å². The molecule has 202 valence electrons. The highest BCUT2D eigenvalue weighted by molar-refractivity contribution is 6.62. The number of carbonyl (C=O) groups is 1. The maximum absolute atomic E-state index is 14.2. The van der Waals surface area contributed by atoms with Crippen LogP contribution in [0.2, 0.25) is 0 Å². The van der Waals surface area contributed by atoms with Crippen molar-refractivity contribution in [2.75, 3.05) is 31.1 Å². The van der Waals surface area contributed by atoms with E-state index >= 15 is 0 Å². The lowest BCUT2D eigenvalue weighted by Gasteiger charge is -2.47. The number of rotatable bonds is 4. The quantitative estimate of drug-likeness (QED) is 0.608. The first-order valence-corrected chi connectivity index (χ1v) is 14.3. The van der Waals surface area contributed by atoms with Gasteiger partial charge in [-0.05, 0) is 95.4 Å². The van der Waals surface area contributed by atoms with Crippen molar-refractivity contribution in [3.8, 4) is 0 Å². The van der Waals surface area contributed by atoms with Crippen LogP contribution in [0.1, 0.15) is 79.2 Å². The van der Waals surface area contributed by atoms with E-state index in [1.807, 2.05) is 0 Å². The molecular weight excluding hydrogens is 465 g/mol. The number of nitrogens with one attached hydrogen (secondary N) is 1. The van der Waals surface area contributed by atoms with Crippen molar-refractivity contribution in [3.05, 3.63) is 23.8 Å². The van der Waals surface area contributed by atoms with E-state index in [-0.39, 0.29) is 30.0 Å². The Morgan fingerprint density at radius 1 is 1.03 bits per heavy atom. The van der Waals surface area contributed by atoms with E-state index in [0.717, 1.165) is 62.9 Å². The number of benzene rings is 1. The fraction of sp³-hybridized carbons (Fsp3) is 0.759. The minimum atomic E-state index is -0.442. The van der Waals surface area contributed by atoms with E-state index < -0.39 is 23.7 Å². The fourth-order valence-electron chi connectivity index (χ4n) is 7.51. The molecule has 6 rings (SSSR count). The van der Waals surface area contributed by atoms with Crippen molar-refractivity contribution in [3.63, 3.8) is 0 Å². The zero-order chi connectivity index (χ0) is 26.4. The Balaban J connectivity index is 1.29. The Labute approximate surface area is 222 Å². The van der Waals surface area contributed by atoms with Gasteiger partial charge >= 0.3 is 7.12 Å². The molecule has 4 aliphatic heterocycles. The lowest BCUT2D eigenvalue weighted by Crippen LogP contribution is -2.58. The highest BCUT2D eigenvalue weighted by Gasteiger charge is 2.57. The number of nitrogens with zero attached hydrogens (tertiary/aromatic N) is 2. The zero-order valence-electron chi connectivity index (χ0n) is 23.5. The fourth-order valence-corrected chi connectivity index (χ4v) is 7.51. The molecule has 37 heavy (non-hydrogen) atoms. The molecule has 1 aromatic rings. The molecule has 1 amide bonds. The second-order valence-corrected chi connectivity index (χ2v) is 14.0. The molecule has 0 aromatic heterocycles. The average molecular weight is 510 g/mol. The molecule has 5 aliphatic rings. The largest absolute Gasteiger partial charge is 0.494 e. The van der Waals surface area contributed by atoms with Crippen molar-refractivity contribution in [2.45, 2.75) is 108 Å². The van der Waals surface area contributed by atoms with Gasteiger partial charge < -0.3 is 24.6 Å². The minimum absolute atomic E-state index is 0.196. The Bertz CT molecular complexity index is 1060. The van der Waals surface area contributed by atoms with E-state index in [2.05, 4.69) is 74.9 Å². The number of likely N-dealkylation sites (tertiary alicyclic amines) is 1. The van der Waals surface area contributed by atoms with Gasteiger partial charge in [-0.3, -0.25) is 9.69 Å². The van der Waals surface area contributed by atoms with Gasteiger partial charge in [-0.15, -0.1) is 0 Å². The lowest BCUT2D eigenvalue weighted by atomic mass is 9.72. The number of anilines is 1. The molecule has 1 spiro atoms. The Kier molecular flexibility index (Phi) is 5.95. The minimum Gasteiger partial charge on any atom is -0.399 e. The van der Waals surface area contributed by atoms with Crippen molar-refractivity contribution in [1.29, 1.82) is 0 Å². The van der Waals surface area contributed by atoms with Gasteiger partial charge in [0.05, 0.1) is 23.2 Å². The van der Waals surface area contributed by atoms with Gasteiger partial charge in [0.25, 0.3) is 0 Å². The standard InChI is InChI=1S/C29H44BN3O4/c1-26(2)16-22(17-34)32(18-26)20-14-21(15-20)33-24-13-19(30-36-27(3,4)28(5,6)37-30)7-8-23(24)29(25(33)35)9-11-31-12-10-29/h7-8,13,20-22,31,34H,9-12,14-18H2,1-6H3/t20-,21+,22-/m1/s1. The van der Waals surface area contributed by atoms with Crippen LogP contribution in [0.25, 0.3) is 0 Å². The molecule has 7 nitrogen and oxygen atoms in total. The molecular formula is C29H44BN3O4. The van der Waals surface area contributed by atoms with Gasteiger partial charge in [0, 0.05) is 30.4 Å². The lowest BCUT2D eigenvalue weighted by molar-refractivity contribution is -0.125. The zero-order valence-corrected chi connectivity index (χ0v) is 23.5. The monoisotopic (exact) mass is 509 g/mol. The summed E-state index contributed by atoms with van der Waals surface area (Å²) in [5, 5.41) is 13.5. The molecule has 1 aliphatic carbocycles. The number of piperidine rings is 1. The number of aliphatic hydroxyl groups is 1. The molecule has 1 aromatic carbocycles. The van der Waals surface area contributed by atoms with Gasteiger partial charge in [0.1, 0.15) is 0 Å². The van der Waals surface area contributed by atoms with E-state index in [4.69, 9.17) is 9.31 Å². The molecule has 2 N–H and O–H groups in total. The molecule has 1 atom stereocenters. The second-order valence-electron chi connectivity index (χ2n) is 14.0. The van der Waals surface area contributed by atoms with Crippen LogP contribution in [0.5, 0.6) is 0 Å². The average Bonchev–Trinajstić information content (AvgIpc) is 3.33. The van der Waals surface area contributed by atoms with Gasteiger partial charge in [-0.2, -0.15) is 0 Å². The highest BCUT2D eigenvalue weighted by Crippen LogP contribution is 2.51. The number of aliphatic hydroxyl groups excluding tert-OH is 1. The summed E-state index contributed by atoms with van der Waals surface area (Å²) in [6, 6.07) is 7.32. The van der Waals surface area contributed by atoms with Crippen LogP contribution in [0.15, 0.2) is 18.2 Å². The molecule has 0 unspecified atom stereocenters. The van der Waals surface area contributed by atoms with Gasteiger partial charge in [0.15, 0.2) is 0 Å². The molecule has 8 heteroatoms. The SMILES string of the molecule is CC1(C)C[C@H](CO)N([C@H]2C[C@@H](N3C(=O)C4(CCNCC4)c4ccc(B5OC(C)(C)C(C)(C)O5)cc43)C2)C1. The van der Waals surface area contributed by atoms with Crippen LogP contribution in [-0.2, 0) is 19.5 Å². The first-order valence-electron chi connectivity index (χ1n) is 14.3. The molecule has 3 saturated heterocycles. The Morgan fingerprint density at radius 2 is 1.68 bits per heavy atom. The molecule has 0 radical (unpaired) electrons. The topological polar surface area (TPSA) is 74.3 Å². The number of amides is 1. The van der Waals surface area contributed by atoms with E-state index in [0.29, 0.717) is 6.04 Å². The summed E-state index contributed by atoms with van der Waals surface area (Å²) in [5.41, 5.74) is 2.21. The highest BCUT2D eigenvalue weighted by atomic mass is 16.7. The summed E-state index contributed by atoms with van der Waals surface area (Å²) in [6.45, 7) is 15.9. The van der Waals surface area contributed by atoms with Gasteiger partial charge in [-0.25, -0.2) is 0 Å². The summed E-state index contributed by atoms with van der Waals surface area (Å²) in [7, 11) is -0.442. The van der Waals surface area contributed by atoms with Crippen LogP contribution in [-0.4, -0.2) is 78.6 Å². The maximum Gasteiger partial charge on any atom is 0.494 e. The number of fused-ring (bicyclic) bond motifs is 2. The third kappa shape index (κ3) is 3.93. The molecule has 1 saturated carbocycles. The van der Waals surface area contributed by atoms with Crippen LogP contribution in [0, 0.1) is 5.41 Å². The number of carbonyl (C=O) groups excluding carboxylic acids is 1. The van der Waals surface area contributed by atoms with Crippen LogP contribution < -0.4 is 15.7 Å². The van der Waals surface area contributed by atoms with Crippen molar-refractivity contribution < 1.29 is 19.2 Å². The Morgan fingerprint density at radius 3 is 2.30 bits per heavy atom. The van der Waals surface area contributed by atoms with Crippen LogP contribution in [0.3, 0.4) is 0 Å². The second kappa shape index (κ2) is 8.53. The summed E-state index contributed by atoms with van der Waals surface area (Å²) in [6.07, 6.45) is 4.64. The van der Waals surface area contributed by atoms with Crippen LogP contribution >= 0.6 is 0 Å². The third-order valence-electron chi connectivity index (χ3n) is 10.4. The summed E-state index contributed by atoms with van der Waals surface area (Å²) in [4.78, 5) is 18.9. The molecule has 4 fully saturated rings. The molecule has 0 bridgehead atoms. The maximum atomic E-state index is 14.2. The summed E-state index contributed by atoms with van der Waals surface area (Å²) < 4.78 is 12.7. The normalized spacial score (nSPS) is 33.7. The summed E-state index contributed by atoms with van der Waals surface area (Å²) in [5.74, 6) is 0.277. The van der Waals surface area contributed by atoms with Crippen molar-refractivity contribution in [2.24, 2.45) is 5.41 Å². The number of hydrogen-bond acceptors (Lipinski definition) is 6. The van der Waals surface area contributed by atoms with Crippen LogP contribution in [0.4, 0.5) is 5.69 Å². The third-order valence-corrected chi connectivity index (χ3v) is 10.4.